The van der Waals surface area contributed by atoms with Crippen molar-refractivity contribution in [2.75, 3.05) is 0 Å². The van der Waals surface area contributed by atoms with Gasteiger partial charge in [0.25, 0.3) is 0 Å². The fraction of sp³-hybridized carbons (Fsp3) is 0.786. The Bertz CT molecular complexity index is 516. The molecule has 0 saturated carbocycles. The van der Waals surface area contributed by atoms with E-state index in [4.69, 9.17) is 21.7 Å². The molecule has 0 bridgehead atoms. The van der Waals surface area contributed by atoms with Gasteiger partial charge in [0.2, 0.25) is 11.8 Å². The second-order valence-electron chi connectivity index (χ2n) is 9.10. The molecule has 0 aromatic heterocycles. The van der Waals surface area contributed by atoms with Crippen LogP contribution in [0.15, 0.2) is 12.2 Å². The molecule has 36 heavy (non-hydrogen) atoms. The molecule has 0 aliphatic rings. The van der Waals surface area contributed by atoms with Crippen LogP contribution >= 0.6 is 0 Å². The number of aliphatic carboxylic acids is 2. The van der Waals surface area contributed by atoms with Gasteiger partial charge in [0.05, 0.1) is 0 Å². The predicted octanol–water partition coefficient (Wildman–Crippen LogP) is 6.50. The van der Waals surface area contributed by atoms with Crippen LogP contribution in [-0.2, 0) is 19.2 Å². The summed E-state index contributed by atoms with van der Waals surface area (Å²) in [6, 6.07) is 0. The Balaban J connectivity index is -0.000000472. The van der Waals surface area contributed by atoms with E-state index in [0.717, 1.165) is 25.7 Å². The lowest BCUT2D eigenvalue weighted by Gasteiger charge is -2.00. The van der Waals surface area contributed by atoms with E-state index < -0.39 is 11.9 Å². The molecule has 0 saturated heterocycles. The van der Waals surface area contributed by atoms with Gasteiger partial charge in [0.1, 0.15) is 0 Å². The van der Waals surface area contributed by atoms with E-state index in [2.05, 4.69) is 13.8 Å². The van der Waals surface area contributed by atoms with Crippen LogP contribution in [0.25, 0.3) is 0 Å². The van der Waals surface area contributed by atoms with Crippen molar-refractivity contribution in [2.24, 2.45) is 11.5 Å². The first-order chi connectivity index (χ1) is 17.2. The number of carbonyl (C=O) groups is 4. The highest BCUT2D eigenvalue weighted by atomic mass is 16.4. The van der Waals surface area contributed by atoms with E-state index in [9.17, 15) is 19.2 Å². The summed E-state index contributed by atoms with van der Waals surface area (Å²) in [4.78, 5) is 40.0. The lowest BCUT2D eigenvalue weighted by Crippen LogP contribution is -2.09. The van der Waals surface area contributed by atoms with Crippen molar-refractivity contribution in [1.82, 2.24) is 0 Å². The fourth-order valence-electron chi connectivity index (χ4n) is 3.36. The Kier molecular flexibility index (Phi) is 34.6. The Labute approximate surface area is 219 Å². The van der Waals surface area contributed by atoms with Crippen molar-refractivity contribution in [3.63, 3.8) is 0 Å². The first-order valence-electron chi connectivity index (χ1n) is 13.9. The van der Waals surface area contributed by atoms with Gasteiger partial charge >= 0.3 is 11.9 Å². The summed E-state index contributed by atoms with van der Waals surface area (Å²) in [6.45, 7) is 4.48. The largest absolute Gasteiger partial charge is 0.478 e. The second kappa shape index (κ2) is 32.6. The van der Waals surface area contributed by atoms with E-state index in [-0.39, 0.29) is 11.8 Å². The van der Waals surface area contributed by atoms with E-state index in [1.165, 1.54) is 89.9 Å². The number of rotatable bonds is 22. The number of nitrogens with two attached hydrogens (primary N) is 2. The van der Waals surface area contributed by atoms with Crippen LogP contribution in [0.5, 0.6) is 0 Å². The molecule has 0 spiro atoms. The Hall–Kier alpha value is -2.38. The van der Waals surface area contributed by atoms with Crippen molar-refractivity contribution in [2.45, 2.75) is 142 Å². The van der Waals surface area contributed by atoms with Gasteiger partial charge in [-0.3, -0.25) is 9.59 Å². The van der Waals surface area contributed by atoms with E-state index in [0.29, 0.717) is 25.0 Å². The summed E-state index contributed by atoms with van der Waals surface area (Å²) in [5.74, 6) is -2.83. The molecule has 0 radical (unpaired) electrons. The number of unbranched alkanes of at least 4 members (excludes halogenated alkanes) is 16. The third kappa shape index (κ3) is 48.9. The third-order valence-electron chi connectivity index (χ3n) is 5.42. The Morgan fingerprint density at radius 2 is 0.694 bits per heavy atom. The highest BCUT2D eigenvalue weighted by Gasteiger charge is 1.96. The van der Waals surface area contributed by atoms with Crippen LogP contribution in [0.4, 0.5) is 0 Å². The van der Waals surface area contributed by atoms with Gasteiger partial charge in [0.15, 0.2) is 0 Å². The van der Waals surface area contributed by atoms with Gasteiger partial charge in [-0.25, -0.2) is 9.59 Å². The van der Waals surface area contributed by atoms with Gasteiger partial charge in [-0.05, 0) is 12.8 Å². The molecule has 0 fully saturated rings. The lowest BCUT2D eigenvalue weighted by molar-refractivity contribution is -0.134. The average molecular weight is 515 g/mol. The van der Waals surface area contributed by atoms with Crippen molar-refractivity contribution < 1.29 is 29.4 Å². The number of hydrogen-bond donors (Lipinski definition) is 4. The highest BCUT2D eigenvalue weighted by molar-refractivity contribution is 5.89. The maximum absolute atomic E-state index is 10.4. The van der Waals surface area contributed by atoms with Crippen LogP contribution < -0.4 is 11.5 Å². The van der Waals surface area contributed by atoms with Gasteiger partial charge in [0, 0.05) is 25.0 Å². The molecule has 0 heterocycles. The molecular weight excluding hydrogens is 460 g/mol. The van der Waals surface area contributed by atoms with Crippen molar-refractivity contribution >= 4 is 23.8 Å². The summed E-state index contributed by atoms with van der Waals surface area (Å²) in [5, 5.41) is 15.6. The zero-order valence-corrected chi connectivity index (χ0v) is 23.0. The molecule has 0 aromatic carbocycles. The SMILES string of the molecule is CCCCCCCCCCCC(N)=O.CCCCCCCCCCCC(N)=O.O=C(O)/C=C\C(=O)O. The number of carbonyl (C=O) groups excluding carboxylic acids is 2. The van der Waals surface area contributed by atoms with Gasteiger partial charge < -0.3 is 21.7 Å². The standard InChI is InChI=1S/2C12H25NO.C4H4O4/c2*1-2-3-4-5-6-7-8-9-10-11-12(13)14;5-3(6)1-2-4(7)8/h2*2-11H2,1H3,(H2,13,14);1-2H,(H,5,6)(H,7,8)/b;;2-1-. The number of primary amides is 2. The van der Waals surface area contributed by atoms with Crippen LogP contribution in [-0.4, -0.2) is 34.0 Å². The molecule has 0 rings (SSSR count). The predicted molar refractivity (Wildman–Crippen MR) is 146 cm³/mol. The average Bonchev–Trinajstić information content (AvgIpc) is 2.81. The number of amides is 2. The second-order valence-corrected chi connectivity index (χ2v) is 9.10. The minimum absolute atomic E-state index is 0.159. The zero-order chi connectivity index (χ0) is 27.9. The first kappa shape index (κ1) is 38.2. The van der Waals surface area contributed by atoms with Crippen molar-refractivity contribution in [1.29, 1.82) is 0 Å². The molecule has 8 nitrogen and oxygen atoms in total. The minimum Gasteiger partial charge on any atom is -0.478 e. The number of hydrogen-bond acceptors (Lipinski definition) is 4. The summed E-state index contributed by atoms with van der Waals surface area (Å²) < 4.78 is 0. The van der Waals surface area contributed by atoms with Gasteiger partial charge in [-0.1, -0.05) is 117 Å². The van der Waals surface area contributed by atoms with E-state index in [1.807, 2.05) is 0 Å². The van der Waals surface area contributed by atoms with E-state index >= 15 is 0 Å². The van der Waals surface area contributed by atoms with Crippen LogP contribution in [0.2, 0.25) is 0 Å². The molecular formula is C28H54N2O6. The molecule has 0 atom stereocenters. The topological polar surface area (TPSA) is 161 Å². The quantitative estimate of drug-likeness (QED) is 0.0952. The molecule has 0 aliphatic carbocycles. The smallest absolute Gasteiger partial charge is 0.328 e. The van der Waals surface area contributed by atoms with Crippen LogP contribution in [0.3, 0.4) is 0 Å². The summed E-state index contributed by atoms with van der Waals surface area (Å²) >= 11 is 0. The van der Waals surface area contributed by atoms with Gasteiger partial charge in [-0.2, -0.15) is 0 Å². The molecule has 212 valence electrons. The molecule has 8 heteroatoms. The number of carboxylic acid groups (broad SMARTS) is 2. The molecule has 6 N–H and O–H groups in total. The summed E-state index contributed by atoms with van der Waals surface area (Å²) in [5.41, 5.74) is 10.1. The number of carboxylic acids is 2. The Morgan fingerprint density at radius 1 is 0.472 bits per heavy atom. The van der Waals surface area contributed by atoms with Crippen LogP contribution in [0.1, 0.15) is 142 Å². The molecule has 0 aromatic rings. The van der Waals surface area contributed by atoms with Crippen molar-refractivity contribution in [3.8, 4) is 0 Å². The molecule has 2 amide bonds. The maximum Gasteiger partial charge on any atom is 0.328 e. The summed E-state index contributed by atoms with van der Waals surface area (Å²) in [7, 11) is 0. The zero-order valence-electron chi connectivity index (χ0n) is 23.0. The fourth-order valence-corrected chi connectivity index (χ4v) is 3.36. The third-order valence-corrected chi connectivity index (χ3v) is 5.42. The molecule has 0 aliphatic heterocycles. The first-order valence-corrected chi connectivity index (χ1v) is 13.9. The van der Waals surface area contributed by atoms with Crippen molar-refractivity contribution in [3.05, 3.63) is 12.2 Å². The Morgan fingerprint density at radius 3 is 0.889 bits per heavy atom. The minimum atomic E-state index is -1.26. The maximum atomic E-state index is 10.4. The molecule has 0 unspecified atom stereocenters. The van der Waals surface area contributed by atoms with E-state index in [1.54, 1.807) is 0 Å². The normalized spacial score (nSPS) is 10.2. The lowest BCUT2D eigenvalue weighted by atomic mass is 10.1. The van der Waals surface area contributed by atoms with Crippen LogP contribution in [0, 0.1) is 0 Å². The highest BCUT2D eigenvalue weighted by Crippen LogP contribution is 2.11. The summed E-state index contributed by atoms with van der Waals surface area (Å²) in [6.07, 6.45) is 25.3. The van der Waals surface area contributed by atoms with Gasteiger partial charge in [-0.15, -0.1) is 0 Å². The monoisotopic (exact) mass is 514 g/mol.